The van der Waals surface area contributed by atoms with Gasteiger partial charge in [-0.2, -0.15) is 0 Å². The molecule has 0 saturated carbocycles. The highest BCUT2D eigenvalue weighted by molar-refractivity contribution is 5.97. The smallest absolute Gasteiger partial charge is 0.129 e. The van der Waals surface area contributed by atoms with Gasteiger partial charge in [-0.25, -0.2) is 0 Å². The average molecular weight is 280 g/mol. The highest BCUT2D eigenvalue weighted by Gasteiger charge is 2.07. The van der Waals surface area contributed by atoms with Crippen molar-refractivity contribution in [2.75, 3.05) is 26.9 Å². The topological polar surface area (TPSA) is 77.6 Å². The quantitative estimate of drug-likeness (QED) is 0.413. The minimum Gasteiger partial charge on any atom is -0.496 e. The van der Waals surface area contributed by atoms with Gasteiger partial charge in [0, 0.05) is 6.61 Å². The Balaban J connectivity index is 2.41. The van der Waals surface area contributed by atoms with Crippen molar-refractivity contribution in [1.29, 1.82) is 5.41 Å². The third-order valence-electron chi connectivity index (χ3n) is 2.65. The van der Waals surface area contributed by atoms with Crippen LogP contribution in [0.2, 0.25) is 0 Å². The summed E-state index contributed by atoms with van der Waals surface area (Å²) < 4.78 is 16.1. The average Bonchev–Trinajstić information content (AvgIpc) is 2.42. The fourth-order valence-electron chi connectivity index (χ4n) is 1.68. The Bertz CT molecular complexity index is 433. The SMILES string of the molecule is COc1ccc(COCCOCC(C)C)cc1C(=N)N. The van der Waals surface area contributed by atoms with Gasteiger partial charge in [-0.1, -0.05) is 19.9 Å². The number of nitrogen functional groups attached to an aromatic ring is 1. The molecular formula is C15H24N2O3. The van der Waals surface area contributed by atoms with Crippen molar-refractivity contribution >= 4 is 5.84 Å². The molecule has 1 rings (SSSR count). The van der Waals surface area contributed by atoms with E-state index in [1.807, 2.05) is 12.1 Å². The highest BCUT2D eigenvalue weighted by atomic mass is 16.5. The summed E-state index contributed by atoms with van der Waals surface area (Å²) in [5, 5.41) is 7.52. The molecule has 0 unspecified atom stereocenters. The minimum atomic E-state index is -0.0102. The van der Waals surface area contributed by atoms with E-state index < -0.39 is 0 Å². The van der Waals surface area contributed by atoms with Crippen LogP contribution in [0.25, 0.3) is 0 Å². The van der Waals surface area contributed by atoms with Crippen molar-refractivity contribution < 1.29 is 14.2 Å². The van der Waals surface area contributed by atoms with Crippen LogP contribution in [0.3, 0.4) is 0 Å². The lowest BCUT2D eigenvalue weighted by Crippen LogP contribution is -2.13. The number of nitrogens with two attached hydrogens (primary N) is 1. The molecule has 1 aromatic carbocycles. The fourth-order valence-corrected chi connectivity index (χ4v) is 1.68. The third kappa shape index (κ3) is 5.59. The summed E-state index contributed by atoms with van der Waals surface area (Å²) in [4.78, 5) is 0. The first kappa shape index (κ1) is 16.5. The number of rotatable bonds is 9. The molecule has 0 fully saturated rings. The predicted octanol–water partition coefficient (Wildman–Crippen LogP) is 2.17. The Morgan fingerprint density at radius 1 is 1.25 bits per heavy atom. The standard InChI is InChI=1S/C15H24N2O3/c1-11(2)9-19-6-7-20-10-12-4-5-14(18-3)13(8-12)15(16)17/h4-5,8,11H,6-7,9-10H2,1-3H3,(H3,16,17). The summed E-state index contributed by atoms with van der Waals surface area (Å²) in [7, 11) is 1.56. The first-order valence-corrected chi connectivity index (χ1v) is 6.71. The van der Waals surface area contributed by atoms with E-state index in [9.17, 15) is 0 Å². The second-order valence-electron chi connectivity index (χ2n) is 4.97. The van der Waals surface area contributed by atoms with E-state index in [4.69, 9.17) is 25.4 Å². The Morgan fingerprint density at radius 2 is 1.95 bits per heavy atom. The van der Waals surface area contributed by atoms with Crippen LogP contribution in [-0.2, 0) is 16.1 Å². The molecular weight excluding hydrogens is 256 g/mol. The number of hydrogen-bond acceptors (Lipinski definition) is 4. The van der Waals surface area contributed by atoms with Gasteiger partial charge in [-0.15, -0.1) is 0 Å². The van der Waals surface area contributed by atoms with Crippen molar-refractivity contribution in [2.45, 2.75) is 20.5 Å². The van der Waals surface area contributed by atoms with Crippen molar-refractivity contribution in [3.63, 3.8) is 0 Å². The maximum atomic E-state index is 7.52. The first-order chi connectivity index (χ1) is 9.54. The van der Waals surface area contributed by atoms with Gasteiger partial charge in [0.25, 0.3) is 0 Å². The van der Waals surface area contributed by atoms with Gasteiger partial charge in [0.05, 0.1) is 32.5 Å². The fraction of sp³-hybridized carbons (Fsp3) is 0.533. The van der Waals surface area contributed by atoms with Gasteiger partial charge in [-0.3, -0.25) is 5.41 Å². The van der Waals surface area contributed by atoms with Gasteiger partial charge >= 0.3 is 0 Å². The van der Waals surface area contributed by atoms with E-state index in [0.29, 0.717) is 37.1 Å². The van der Waals surface area contributed by atoms with E-state index in [0.717, 1.165) is 12.2 Å². The van der Waals surface area contributed by atoms with Crippen LogP contribution in [-0.4, -0.2) is 32.8 Å². The zero-order chi connectivity index (χ0) is 15.0. The summed E-state index contributed by atoms with van der Waals surface area (Å²) in [5.41, 5.74) is 7.07. The summed E-state index contributed by atoms with van der Waals surface area (Å²) in [5.74, 6) is 1.13. The first-order valence-electron chi connectivity index (χ1n) is 6.71. The molecule has 5 nitrogen and oxygen atoms in total. The molecule has 1 aromatic rings. The molecule has 5 heteroatoms. The monoisotopic (exact) mass is 280 g/mol. The molecule has 0 atom stereocenters. The summed E-state index contributed by atoms with van der Waals surface area (Å²) in [6.07, 6.45) is 0. The maximum Gasteiger partial charge on any atom is 0.129 e. The number of nitrogens with one attached hydrogen (secondary N) is 1. The van der Waals surface area contributed by atoms with E-state index in [1.165, 1.54) is 0 Å². The molecule has 20 heavy (non-hydrogen) atoms. The summed E-state index contributed by atoms with van der Waals surface area (Å²) >= 11 is 0. The van der Waals surface area contributed by atoms with Crippen LogP contribution in [0.1, 0.15) is 25.0 Å². The van der Waals surface area contributed by atoms with Gasteiger partial charge in [0.1, 0.15) is 11.6 Å². The number of benzene rings is 1. The van der Waals surface area contributed by atoms with E-state index >= 15 is 0 Å². The van der Waals surface area contributed by atoms with Gasteiger partial charge in [0.15, 0.2) is 0 Å². The lowest BCUT2D eigenvalue weighted by Gasteiger charge is -2.10. The lowest BCUT2D eigenvalue weighted by molar-refractivity contribution is 0.0314. The second kappa shape index (κ2) is 8.55. The van der Waals surface area contributed by atoms with E-state index in [1.54, 1.807) is 13.2 Å². The molecule has 0 aliphatic carbocycles. The summed E-state index contributed by atoms with van der Waals surface area (Å²) in [6.45, 7) is 6.58. The Hall–Kier alpha value is -1.59. The van der Waals surface area contributed by atoms with Crippen LogP contribution < -0.4 is 10.5 Å². The number of methoxy groups -OCH3 is 1. The van der Waals surface area contributed by atoms with Crippen molar-refractivity contribution in [2.24, 2.45) is 11.7 Å². The number of hydrogen-bond donors (Lipinski definition) is 2. The molecule has 112 valence electrons. The van der Waals surface area contributed by atoms with Gasteiger partial charge in [0.2, 0.25) is 0 Å². The van der Waals surface area contributed by atoms with E-state index in [-0.39, 0.29) is 5.84 Å². The zero-order valence-corrected chi connectivity index (χ0v) is 12.4. The molecule has 0 aromatic heterocycles. The maximum absolute atomic E-state index is 7.52. The minimum absolute atomic E-state index is 0.0102. The molecule has 0 radical (unpaired) electrons. The predicted molar refractivity (Wildman–Crippen MR) is 79.3 cm³/mol. The molecule has 3 N–H and O–H groups in total. The number of amidine groups is 1. The van der Waals surface area contributed by atoms with Crippen LogP contribution in [0.5, 0.6) is 5.75 Å². The van der Waals surface area contributed by atoms with Gasteiger partial charge < -0.3 is 19.9 Å². The lowest BCUT2D eigenvalue weighted by atomic mass is 10.1. The Kier molecular flexibility index (Phi) is 7.04. The normalized spacial score (nSPS) is 10.8. The highest BCUT2D eigenvalue weighted by Crippen LogP contribution is 2.19. The second-order valence-corrected chi connectivity index (χ2v) is 4.97. The molecule has 0 bridgehead atoms. The van der Waals surface area contributed by atoms with Crippen molar-refractivity contribution in [1.82, 2.24) is 0 Å². The molecule has 0 aliphatic heterocycles. The number of ether oxygens (including phenoxy) is 3. The molecule has 0 spiro atoms. The molecule has 0 saturated heterocycles. The molecule has 0 amide bonds. The largest absolute Gasteiger partial charge is 0.496 e. The Labute approximate surface area is 120 Å². The van der Waals surface area contributed by atoms with Crippen LogP contribution in [0.4, 0.5) is 0 Å². The third-order valence-corrected chi connectivity index (χ3v) is 2.65. The van der Waals surface area contributed by atoms with Crippen LogP contribution in [0, 0.1) is 11.3 Å². The van der Waals surface area contributed by atoms with Gasteiger partial charge in [-0.05, 0) is 23.6 Å². The van der Waals surface area contributed by atoms with E-state index in [2.05, 4.69) is 13.8 Å². The van der Waals surface area contributed by atoms with Crippen LogP contribution in [0.15, 0.2) is 18.2 Å². The molecule has 0 aliphatic rings. The van der Waals surface area contributed by atoms with Crippen molar-refractivity contribution in [3.8, 4) is 5.75 Å². The zero-order valence-electron chi connectivity index (χ0n) is 12.4. The summed E-state index contributed by atoms with van der Waals surface area (Å²) in [6, 6.07) is 5.51. The van der Waals surface area contributed by atoms with Crippen LogP contribution >= 0.6 is 0 Å². The Morgan fingerprint density at radius 3 is 2.55 bits per heavy atom. The molecule has 0 heterocycles. The van der Waals surface area contributed by atoms with Crippen molar-refractivity contribution in [3.05, 3.63) is 29.3 Å².